The number of hydrogen-bond donors (Lipinski definition) is 1. The van der Waals surface area contributed by atoms with Crippen LogP contribution in [0.2, 0.25) is 10.0 Å². The fourth-order valence-electron chi connectivity index (χ4n) is 1.76. The lowest BCUT2D eigenvalue weighted by atomic mass is 9.98. The van der Waals surface area contributed by atoms with Crippen molar-refractivity contribution >= 4 is 34.7 Å². The van der Waals surface area contributed by atoms with Crippen LogP contribution in [0, 0.1) is 6.92 Å². The molecular weight excluding hydrogens is 269 g/mol. The van der Waals surface area contributed by atoms with E-state index in [1.807, 2.05) is 6.92 Å². The minimum Gasteiger partial charge on any atom is -0.399 e. The van der Waals surface area contributed by atoms with Crippen LogP contribution in [0.5, 0.6) is 0 Å². The van der Waals surface area contributed by atoms with Gasteiger partial charge in [-0.05, 0) is 48.9 Å². The predicted molar refractivity (Wildman–Crippen MR) is 75.5 cm³/mol. The first-order valence-electron chi connectivity index (χ1n) is 5.35. The highest BCUT2D eigenvalue weighted by atomic mass is 35.5. The fourth-order valence-corrected chi connectivity index (χ4v) is 2.13. The summed E-state index contributed by atoms with van der Waals surface area (Å²) >= 11 is 11.9. The summed E-state index contributed by atoms with van der Waals surface area (Å²) in [5.74, 6) is -0.153. The van der Waals surface area contributed by atoms with Crippen LogP contribution in [0.15, 0.2) is 36.4 Å². The number of halogens is 2. The van der Waals surface area contributed by atoms with E-state index in [0.29, 0.717) is 26.9 Å². The van der Waals surface area contributed by atoms with Gasteiger partial charge in [0.2, 0.25) is 0 Å². The Balaban J connectivity index is 2.51. The number of hydrogen-bond acceptors (Lipinski definition) is 2. The van der Waals surface area contributed by atoms with Gasteiger partial charge in [-0.15, -0.1) is 0 Å². The molecule has 0 aliphatic carbocycles. The number of nitrogen functional groups attached to an aromatic ring is 1. The summed E-state index contributed by atoms with van der Waals surface area (Å²) in [6.45, 7) is 1.84. The van der Waals surface area contributed by atoms with Crippen molar-refractivity contribution in [1.29, 1.82) is 0 Å². The molecule has 0 fully saturated rings. The summed E-state index contributed by atoms with van der Waals surface area (Å²) in [7, 11) is 0. The van der Waals surface area contributed by atoms with E-state index in [2.05, 4.69) is 0 Å². The highest BCUT2D eigenvalue weighted by Crippen LogP contribution is 2.25. The second-order valence-corrected chi connectivity index (χ2v) is 4.87. The maximum atomic E-state index is 12.4. The van der Waals surface area contributed by atoms with Gasteiger partial charge in [-0.3, -0.25) is 4.79 Å². The maximum absolute atomic E-state index is 12.4. The first-order chi connectivity index (χ1) is 8.49. The van der Waals surface area contributed by atoms with Crippen molar-refractivity contribution < 1.29 is 4.79 Å². The average Bonchev–Trinajstić information content (AvgIpc) is 2.31. The number of aryl methyl sites for hydroxylation is 1. The third kappa shape index (κ3) is 2.50. The molecule has 92 valence electrons. The topological polar surface area (TPSA) is 43.1 Å². The van der Waals surface area contributed by atoms with E-state index >= 15 is 0 Å². The molecule has 0 unspecified atom stereocenters. The number of anilines is 1. The minimum atomic E-state index is -0.153. The molecule has 0 heterocycles. The van der Waals surface area contributed by atoms with Gasteiger partial charge in [-0.1, -0.05) is 23.2 Å². The summed E-state index contributed by atoms with van der Waals surface area (Å²) in [5.41, 5.74) is 8.08. The maximum Gasteiger partial charge on any atom is 0.194 e. The number of benzene rings is 2. The van der Waals surface area contributed by atoms with Gasteiger partial charge in [0.15, 0.2) is 5.78 Å². The van der Waals surface area contributed by atoms with Crippen LogP contribution in [0.25, 0.3) is 0 Å². The van der Waals surface area contributed by atoms with Crippen molar-refractivity contribution in [3.05, 3.63) is 63.1 Å². The Labute approximate surface area is 115 Å². The Morgan fingerprint density at radius 1 is 1.06 bits per heavy atom. The lowest BCUT2D eigenvalue weighted by Gasteiger charge is -2.08. The van der Waals surface area contributed by atoms with Crippen molar-refractivity contribution in [1.82, 2.24) is 0 Å². The molecule has 2 aromatic rings. The number of nitrogens with two attached hydrogens (primary N) is 1. The van der Waals surface area contributed by atoms with E-state index in [4.69, 9.17) is 28.9 Å². The van der Waals surface area contributed by atoms with Gasteiger partial charge in [0.1, 0.15) is 0 Å². The van der Waals surface area contributed by atoms with Gasteiger partial charge in [0.25, 0.3) is 0 Å². The summed E-state index contributed by atoms with van der Waals surface area (Å²) in [6, 6.07) is 9.98. The summed E-state index contributed by atoms with van der Waals surface area (Å²) in [6.07, 6.45) is 0. The standard InChI is InChI=1S/C14H11Cl2NO/c1-8-6-10(17)3-4-11(8)14(18)12-7-9(15)2-5-13(12)16/h2-7H,17H2,1H3. The van der Waals surface area contributed by atoms with Gasteiger partial charge in [0.05, 0.1) is 5.02 Å². The molecule has 0 aromatic heterocycles. The molecule has 0 aliphatic heterocycles. The zero-order valence-electron chi connectivity index (χ0n) is 9.71. The van der Waals surface area contributed by atoms with Crippen molar-refractivity contribution in [2.24, 2.45) is 0 Å². The molecule has 0 saturated carbocycles. The van der Waals surface area contributed by atoms with Crippen LogP contribution in [-0.2, 0) is 0 Å². The largest absolute Gasteiger partial charge is 0.399 e. The molecule has 2 aromatic carbocycles. The van der Waals surface area contributed by atoms with Gasteiger partial charge in [-0.2, -0.15) is 0 Å². The highest BCUT2D eigenvalue weighted by Gasteiger charge is 2.15. The number of ketones is 1. The highest BCUT2D eigenvalue weighted by molar-refractivity contribution is 6.36. The Bertz CT molecular complexity index is 623. The van der Waals surface area contributed by atoms with Crippen LogP contribution in [0.4, 0.5) is 5.69 Å². The van der Waals surface area contributed by atoms with Crippen LogP contribution < -0.4 is 5.73 Å². The molecule has 0 bridgehead atoms. The molecule has 2 nitrogen and oxygen atoms in total. The molecular formula is C14H11Cl2NO. The quantitative estimate of drug-likeness (QED) is 0.664. The molecule has 2 rings (SSSR count). The Kier molecular flexibility index (Phi) is 3.60. The normalized spacial score (nSPS) is 10.4. The molecule has 0 radical (unpaired) electrons. The van der Waals surface area contributed by atoms with E-state index in [0.717, 1.165) is 5.56 Å². The smallest absolute Gasteiger partial charge is 0.194 e. The van der Waals surface area contributed by atoms with Gasteiger partial charge < -0.3 is 5.73 Å². The predicted octanol–water partition coefficient (Wildman–Crippen LogP) is 4.12. The molecule has 0 atom stereocenters. The van der Waals surface area contributed by atoms with E-state index in [-0.39, 0.29) is 5.78 Å². The molecule has 4 heteroatoms. The van der Waals surface area contributed by atoms with Crippen molar-refractivity contribution in [3.8, 4) is 0 Å². The van der Waals surface area contributed by atoms with Crippen molar-refractivity contribution in [2.45, 2.75) is 6.92 Å². The van der Waals surface area contributed by atoms with E-state index < -0.39 is 0 Å². The van der Waals surface area contributed by atoms with E-state index in [9.17, 15) is 4.79 Å². The second kappa shape index (κ2) is 5.01. The average molecular weight is 280 g/mol. The fraction of sp³-hybridized carbons (Fsp3) is 0.0714. The SMILES string of the molecule is Cc1cc(N)ccc1C(=O)c1cc(Cl)ccc1Cl. The lowest BCUT2D eigenvalue weighted by Crippen LogP contribution is -2.05. The monoisotopic (exact) mass is 279 g/mol. The van der Waals surface area contributed by atoms with Crippen LogP contribution in [-0.4, -0.2) is 5.78 Å². The van der Waals surface area contributed by atoms with E-state index in [1.54, 1.807) is 36.4 Å². The first-order valence-corrected chi connectivity index (χ1v) is 6.10. The second-order valence-electron chi connectivity index (χ2n) is 4.03. The minimum absolute atomic E-state index is 0.153. The van der Waals surface area contributed by atoms with Gasteiger partial charge in [0, 0.05) is 21.8 Å². The van der Waals surface area contributed by atoms with Crippen molar-refractivity contribution in [3.63, 3.8) is 0 Å². The van der Waals surface area contributed by atoms with Crippen molar-refractivity contribution in [2.75, 3.05) is 5.73 Å². The molecule has 18 heavy (non-hydrogen) atoms. The van der Waals surface area contributed by atoms with Crippen LogP contribution >= 0.6 is 23.2 Å². The van der Waals surface area contributed by atoms with E-state index in [1.165, 1.54) is 0 Å². The number of carbonyl (C=O) groups excluding carboxylic acids is 1. The zero-order valence-corrected chi connectivity index (χ0v) is 11.2. The zero-order chi connectivity index (χ0) is 13.3. The first kappa shape index (κ1) is 12.9. The molecule has 0 spiro atoms. The Morgan fingerprint density at radius 2 is 1.78 bits per heavy atom. The van der Waals surface area contributed by atoms with Crippen LogP contribution in [0.1, 0.15) is 21.5 Å². The third-order valence-electron chi connectivity index (χ3n) is 2.67. The molecule has 2 N–H and O–H groups in total. The molecule has 0 saturated heterocycles. The molecule has 0 aliphatic rings. The Hall–Kier alpha value is -1.51. The molecule has 0 amide bonds. The summed E-state index contributed by atoms with van der Waals surface area (Å²) in [5, 5.41) is 0.872. The lowest BCUT2D eigenvalue weighted by molar-refractivity contribution is 0.103. The van der Waals surface area contributed by atoms with Gasteiger partial charge >= 0.3 is 0 Å². The summed E-state index contributed by atoms with van der Waals surface area (Å²) < 4.78 is 0. The summed E-state index contributed by atoms with van der Waals surface area (Å²) in [4.78, 5) is 12.4. The number of rotatable bonds is 2. The van der Waals surface area contributed by atoms with Gasteiger partial charge in [-0.25, -0.2) is 0 Å². The third-order valence-corrected chi connectivity index (χ3v) is 3.23. The number of carbonyl (C=O) groups is 1. The van der Waals surface area contributed by atoms with Crippen LogP contribution in [0.3, 0.4) is 0 Å². The Morgan fingerprint density at radius 3 is 2.44 bits per heavy atom.